The van der Waals surface area contributed by atoms with Crippen molar-refractivity contribution in [2.45, 2.75) is 142 Å². The average molecular weight is 726 g/mol. The predicted molar refractivity (Wildman–Crippen MR) is 198 cm³/mol. The van der Waals surface area contributed by atoms with E-state index in [0.717, 1.165) is 51.4 Å². The van der Waals surface area contributed by atoms with Crippen LogP contribution in [0.5, 0.6) is 0 Å². The average Bonchev–Trinajstić information content (AvgIpc) is 3.09. The van der Waals surface area contributed by atoms with Gasteiger partial charge in [0.1, 0.15) is 12.6 Å². The normalized spacial score (nSPS) is 14.6. The van der Waals surface area contributed by atoms with Crippen LogP contribution in [0.3, 0.4) is 0 Å². The van der Waals surface area contributed by atoms with E-state index in [1.807, 2.05) is 36.5 Å². The van der Waals surface area contributed by atoms with Crippen LogP contribution in [0.2, 0.25) is 0 Å². The van der Waals surface area contributed by atoms with Crippen LogP contribution < -0.4 is 5.73 Å². The number of carboxylic acids is 1. The summed E-state index contributed by atoms with van der Waals surface area (Å²) in [6, 6.07) is -1.53. The number of ether oxygens (including phenoxy) is 2. The van der Waals surface area contributed by atoms with Gasteiger partial charge in [0.05, 0.1) is 13.2 Å². The fraction of sp³-hybridized carbons (Fsp3) is 0.658. The molecule has 0 aromatic heterocycles. The van der Waals surface area contributed by atoms with Crippen molar-refractivity contribution in [3.05, 3.63) is 60.8 Å². The summed E-state index contributed by atoms with van der Waals surface area (Å²) < 4.78 is 32.4. The number of rotatable bonds is 33. The Morgan fingerprint density at radius 1 is 0.660 bits per heavy atom. The molecule has 11 nitrogen and oxygen atoms in total. The van der Waals surface area contributed by atoms with Gasteiger partial charge in [-0.2, -0.15) is 0 Å². The summed E-state index contributed by atoms with van der Waals surface area (Å²) in [5.41, 5.74) is 5.30. The maximum absolute atomic E-state index is 12.5. The first kappa shape index (κ1) is 47.2. The standard InChI is InChI=1S/C38H64NO10P/c1-3-5-7-9-11-13-15-17-19-21-23-25-27-29-36(40)46-31-34(32-47-50(44,45)48-33-35(39)38(42)43)49-37(41)30-28-26-24-22-20-18-16-14-12-10-8-6-4-2/h6,8,10,12,14,16-17,19,23,25,34-35H,3-5,7,9,11,13,15,18,20-22,24,26-33,39H2,1-2H3,(H,42,43)(H,44,45)/b8-6+,12-10+,16-14+,19-17+,25-23+/t34?,35-/m0/s1. The summed E-state index contributed by atoms with van der Waals surface area (Å²) in [6.07, 6.45) is 36.0. The van der Waals surface area contributed by atoms with Crippen LogP contribution in [0.4, 0.5) is 0 Å². The highest BCUT2D eigenvalue weighted by Crippen LogP contribution is 2.43. The quantitative estimate of drug-likeness (QED) is 0.0194. The van der Waals surface area contributed by atoms with Gasteiger partial charge in [0.25, 0.3) is 0 Å². The summed E-state index contributed by atoms with van der Waals surface area (Å²) in [6.45, 7) is 2.54. The molecular weight excluding hydrogens is 661 g/mol. The minimum absolute atomic E-state index is 0.108. The molecular formula is C38H64NO10P. The molecule has 2 unspecified atom stereocenters. The summed E-state index contributed by atoms with van der Waals surface area (Å²) >= 11 is 0. The highest BCUT2D eigenvalue weighted by molar-refractivity contribution is 7.47. The molecule has 286 valence electrons. The van der Waals surface area contributed by atoms with Crippen molar-refractivity contribution in [1.82, 2.24) is 0 Å². The van der Waals surface area contributed by atoms with E-state index in [9.17, 15) is 23.8 Å². The molecule has 0 saturated heterocycles. The smallest absolute Gasteiger partial charge is 0.472 e. The van der Waals surface area contributed by atoms with Crippen molar-refractivity contribution in [2.24, 2.45) is 5.73 Å². The second kappa shape index (κ2) is 33.3. The van der Waals surface area contributed by atoms with Crippen molar-refractivity contribution in [3.8, 4) is 0 Å². The molecule has 0 rings (SSSR count). The Hall–Kier alpha value is -2.82. The van der Waals surface area contributed by atoms with Crippen LogP contribution in [-0.2, 0) is 37.5 Å². The molecule has 0 bridgehead atoms. The summed E-state index contributed by atoms with van der Waals surface area (Å²) in [5.74, 6) is -2.50. The lowest BCUT2D eigenvalue weighted by molar-refractivity contribution is -0.161. The molecule has 0 aliphatic heterocycles. The van der Waals surface area contributed by atoms with Crippen LogP contribution in [0.25, 0.3) is 0 Å². The Balaban J connectivity index is 4.59. The Morgan fingerprint density at radius 3 is 1.90 bits per heavy atom. The first-order valence-corrected chi connectivity index (χ1v) is 19.8. The van der Waals surface area contributed by atoms with Gasteiger partial charge in [-0.05, 0) is 51.4 Å². The second-order valence-corrected chi connectivity index (χ2v) is 13.5. The van der Waals surface area contributed by atoms with Gasteiger partial charge in [0, 0.05) is 12.8 Å². The molecule has 0 heterocycles. The topological polar surface area (TPSA) is 172 Å². The molecule has 50 heavy (non-hydrogen) atoms. The predicted octanol–water partition coefficient (Wildman–Crippen LogP) is 8.83. The summed E-state index contributed by atoms with van der Waals surface area (Å²) in [7, 11) is -4.73. The molecule has 0 aromatic rings. The summed E-state index contributed by atoms with van der Waals surface area (Å²) in [4.78, 5) is 45.6. The van der Waals surface area contributed by atoms with Gasteiger partial charge in [-0.25, -0.2) is 4.57 Å². The Bertz CT molecular complexity index is 1090. The molecule has 0 aliphatic carbocycles. The van der Waals surface area contributed by atoms with E-state index >= 15 is 0 Å². The van der Waals surface area contributed by atoms with Gasteiger partial charge in [0.2, 0.25) is 0 Å². The maximum atomic E-state index is 12.5. The fourth-order valence-corrected chi connectivity index (χ4v) is 5.19. The lowest BCUT2D eigenvalue weighted by atomic mass is 10.1. The van der Waals surface area contributed by atoms with Crippen LogP contribution >= 0.6 is 7.82 Å². The third kappa shape index (κ3) is 32.4. The van der Waals surface area contributed by atoms with Crippen molar-refractivity contribution in [2.75, 3.05) is 19.8 Å². The highest BCUT2D eigenvalue weighted by Gasteiger charge is 2.28. The number of esters is 2. The number of hydrogen-bond acceptors (Lipinski definition) is 9. The first-order valence-electron chi connectivity index (χ1n) is 18.3. The maximum Gasteiger partial charge on any atom is 0.472 e. The van der Waals surface area contributed by atoms with E-state index in [-0.39, 0.29) is 19.4 Å². The Labute approximate surface area is 300 Å². The molecule has 0 radical (unpaired) electrons. The molecule has 0 spiro atoms. The summed E-state index contributed by atoms with van der Waals surface area (Å²) in [5, 5.41) is 8.85. The van der Waals surface area contributed by atoms with Crippen molar-refractivity contribution >= 4 is 25.7 Å². The minimum atomic E-state index is -4.73. The van der Waals surface area contributed by atoms with Gasteiger partial charge in [-0.1, -0.05) is 126 Å². The number of phosphoric acid groups is 1. The molecule has 0 saturated carbocycles. The minimum Gasteiger partial charge on any atom is -0.480 e. The third-order valence-corrected chi connectivity index (χ3v) is 8.27. The molecule has 0 aliphatic rings. The number of aliphatic carboxylic acids is 1. The molecule has 4 N–H and O–H groups in total. The molecule has 0 amide bonds. The zero-order valence-electron chi connectivity index (χ0n) is 30.5. The van der Waals surface area contributed by atoms with Crippen LogP contribution in [-0.4, -0.2) is 59.9 Å². The van der Waals surface area contributed by atoms with E-state index in [2.05, 4.69) is 42.7 Å². The lowest BCUT2D eigenvalue weighted by Crippen LogP contribution is -2.34. The van der Waals surface area contributed by atoms with Crippen molar-refractivity contribution < 1.29 is 47.5 Å². The molecule has 3 atom stereocenters. The number of phosphoric ester groups is 1. The molecule has 0 aromatic carbocycles. The van der Waals surface area contributed by atoms with E-state index in [0.29, 0.717) is 12.8 Å². The van der Waals surface area contributed by atoms with Gasteiger partial charge in [0.15, 0.2) is 6.10 Å². The number of carbonyl (C=O) groups is 3. The lowest BCUT2D eigenvalue weighted by Gasteiger charge is -2.20. The largest absolute Gasteiger partial charge is 0.480 e. The zero-order chi connectivity index (χ0) is 37.1. The number of allylic oxidation sites excluding steroid dienone is 10. The Kier molecular flexibility index (Phi) is 31.5. The number of nitrogens with two attached hydrogens (primary N) is 1. The van der Waals surface area contributed by atoms with E-state index in [4.69, 9.17) is 24.8 Å². The first-order chi connectivity index (χ1) is 24.1. The van der Waals surface area contributed by atoms with Crippen molar-refractivity contribution in [1.29, 1.82) is 0 Å². The van der Waals surface area contributed by atoms with E-state index in [1.54, 1.807) is 0 Å². The monoisotopic (exact) mass is 725 g/mol. The van der Waals surface area contributed by atoms with Gasteiger partial charge in [-0.3, -0.25) is 23.4 Å². The zero-order valence-corrected chi connectivity index (χ0v) is 31.4. The van der Waals surface area contributed by atoms with Crippen LogP contribution in [0, 0.1) is 0 Å². The van der Waals surface area contributed by atoms with E-state index < -0.39 is 51.1 Å². The van der Waals surface area contributed by atoms with Gasteiger partial charge < -0.3 is 25.2 Å². The van der Waals surface area contributed by atoms with Crippen LogP contribution in [0.1, 0.15) is 129 Å². The molecule has 12 heteroatoms. The highest BCUT2D eigenvalue weighted by atomic mass is 31.2. The third-order valence-electron chi connectivity index (χ3n) is 7.32. The number of hydrogen-bond donors (Lipinski definition) is 3. The van der Waals surface area contributed by atoms with Crippen LogP contribution in [0.15, 0.2) is 60.8 Å². The van der Waals surface area contributed by atoms with Crippen molar-refractivity contribution in [3.63, 3.8) is 0 Å². The fourth-order valence-electron chi connectivity index (χ4n) is 4.41. The number of carboxylic acid groups (broad SMARTS) is 1. The van der Waals surface area contributed by atoms with E-state index in [1.165, 1.54) is 38.5 Å². The molecule has 0 fully saturated rings. The Morgan fingerprint density at radius 2 is 1.24 bits per heavy atom. The second-order valence-electron chi connectivity index (χ2n) is 12.0. The number of unbranched alkanes of at least 4 members (excludes halogenated alkanes) is 11. The SMILES string of the molecule is CC/C=C/C=C/C=C/CCCCCCCC(=O)OC(COC(=O)CC/C=C/C/C=C/CCCCCCCC)COP(=O)(O)OC[C@H](N)C(=O)O. The number of carbonyl (C=O) groups excluding carboxylic acids is 2. The van der Waals surface area contributed by atoms with Gasteiger partial charge in [-0.15, -0.1) is 0 Å². The van der Waals surface area contributed by atoms with Gasteiger partial charge >= 0.3 is 25.7 Å².